The highest BCUT2D eigenvalue weighted by Crippen LogP contribution is 2.34. The topological polar surface area (TPSA) is 123 Å². The van der Waals surface area contributed by atoms with Crippen molar-refractivity contribution in [3.8, 4) is 11.5 Å². The lowest BCUT2D eigenvalue weighted by Crippen LogP contribution is -2.63. The van der Waals surface area contributed by atoms with Gasteiger partial charge in [0.2, 0.25) is 18.6 Å². The number of carbonyl (C=O) groups is 2. The molecule has 3 aliphatic rings. The Morgan fingerprint density at radius 2 is 1.74 bits per heavy atom. The smallest absolute Gasteiger partial charge is 0.262 e. The summed E-state index contributed by atoms with van der Waals surface area (Å²) in [5.41, 5.74) is 5.58. The average Bonchev–Trinajstić information content (AvgIpc) is 3.33. The fourth-order valence-corrected chi connectivity index (χ4v) is 5.84. The molecule has 2 fully saturated rings. The molecule has 3 N–H and O–H groups in total. The van der Waals surface area contributed by atoms with Gasteiger partial charge in [0, 0.05) is 32.1 Å². The van der Waals surface area contributed by atoms with Crippen LogP contribution in [-0.4, -0.2) is 69.7 Å². The first kappa shape index (κ1) is 23.8. The van der Waals surface area contributed by atoms with Gasteiger partial charge in [-0.1, -0.05) is 6.42 Å². The molecular weight excluding hydrogens is 470 g/mol. The van der Waals surface area contributed by atoms with Crippen molar-refractivity contribution >= 4 is 34.9 Å². The second-order valence-corrected chi connectivity index (χ2v) is 9.95. The van der Waals surface area contributed by atoms with E-state index in [0.29, 0.717) is 72.5 Å². The van der Waals surface area contributed by atoms with Gasteiger partial charge in [-0.05, 0) is 63.5 Å². The van der Waals surface area contributed by atoms with Crippen LogP contribution in [0, 0.1) is 4.77 Å². The van der Waals surface area contributed by atoms with Crippen LogP contribution in [0.5, 0.6) is 11.5 Å². The first-order chi connectivity index (χ1) is 16.9. The number of aromatic amines is 1. The summed E-state index contributed by atoms with van der Waals surface area (Å²) in [7, 11) is 0. The summed E-state index contributed by atoms with van der Waals surface area (Å²) >= 11 is 5.40. The van der Waals surface area contributed by atoms with Gasteiger partial charge in [0.1, 0.15) is 5.54 Å². The Bertz CT molecular complexity index is 1260. The van der Waals surface area contributed by atoms with Gasteiger partial charge >= 0.3 is 0 Å². The molecule has 5 rings (SSSR count). The molecule has 0 aliphatic carbocycles. The van der Waals surface area contributed by atoms with E-state index < -0.39 is 5.54 Å². The van der Waals surface area contributed by atoms with Crippen molar-refractivity contribution in [2.75, 3.05) is 33.0 Å². The molecule has 0 radical (unpaired) electrons. The third kappa shape index (κ3) is 4.42. The minimum absolute atomic E-state index is 0.0221. The van der Waals surface area contributed by atoms with Crippen molar-refractivity contribution in [3.05, 3.63) is 27.3 Å². The predicted octanol–water partition coefficient (Wildman–Crippen LogP) is 1.90. The van der Waals surface area contributed by atoms with Crippen LogP contribution in [0.3, 0.4) is 0 Å². The van der Waals surface area contributed by atoms with Gasteiger partial charge < -0.3 is 25.1 Å². The van der Waals surface area contributed by atoms with E-state index in [0.717, 1.165) is 25.9 Å². The number of ether oxygens (including phenoxy) is 2. The van der Waals surface area contributed by atoms with Crippen LogP contribution in [0.15, 0.2) is 16.9 Å². The zero-order chi connectivity index (χ0) is 24.6. The van der Waals surface area contributed by atoms with Crippen molar-refractivity contribution < 1.29 is 19.1 Å². The maximum Gasteiger partial charge on any atom is 0.262 e. The number of hydrogen-bond donors (Lipinski definition) is 2. The second kappa shape index (κ2) is 9.62. The van der Waals surface area contributed by atoms with Gasteiger partial charge in [-0.3, -0.25) is 23.9 Å². The Morgan fingerprint density at radius 1 is 1.06 bits per heavy atom. The highest BCUT2D eigenvalue weighted by atomic mass is 32.1. The predicted molar refractivity (Wildman–Crippen MR) is 132 cm³/mol. The molecule has 0 saturated carbocycles. The van der Waals surface area contributed by atoms with E-state index in [1.807, 2.05) is 4.90 Å². The molecule has 1 aromatic carbocycles. The van der Waals surface area contributed by atoms with E-state index in [2.05, 4.69) is 9.88 Å². The number of likely N-dealkylation sites (tertiary alicyclic amines) is 2. The minimum Gasteiger partial charge on any atom is -0.454 e. The van der Waals surface area contributed by atoms with E-state index in [4.69, 9.17) is 27.4 Å². The summed E-state index contributed by atoms with van der Waals surface area (Å²) in [4.78, 5) is 45.5. The quantitative estimate of drug-likeness (QED) is 0.580. The number of nitrogens with zero attached hydrogens (tertiary/aromatic N) is 3. The van der Waals surface area contributed by atoms with Gasteiger partial charge in [0.25, 0.3) is 5.56 Å². The molecule has 0 bridgehead atoms. The van der Waals surface area contributed by atoms with E-state index >= 15 is 0 Å². The number of piperidine rings is 2. The standard InChI is InChI=1S/C24H31N5O5S/c25-22(32)24(28-8-2-1-3-9-28)6-11-27(12-7-24)20(30)5-4-10-29-21(31)16-13-18-19(34-15-33-18)14-17(16)26-23(29)35/h13-14H,1-12,15H2,(H2,25,32)(H,26,35). The number of nitrogens with two attached hydrogens (primary N) is 1. The largest absolute Gasteiger partial charge is 0.454 e. The number of aromatic nitrogens is 2. The first-order valence-corrected chi connectivity index (χ1v) is 12.7. The van der Waals surface area contributed by atoms with Crippen molar-refractivity contribution in [2.24, 2.45) is 5.73 Å². The van der Waals surface area contributed by atoms with Crippen LogP contribution in [0.2, 0.25) is 0 Å². The van der Waals surface area contributed by atoms with Crippen LogP contribution >= 0.6 is 12.2 Å². The molecule has 2 amide bonds. The minimum atomic E-state index is -0.641. The highest BCUT2D eigenvalue weighted by Gasteiger charge is 2.45. The normalized spacial score (nSPS) is 19.7. The third-order valence-corrected chi connectivity index (χ3v) is 7.93. The summed E-state index contributed by atoms with van der Waals surface area (Å²) in [6, 6.07) is 3.38. The van der Waals surface area contributed by atoms with Crippen LogP contribution in [0.25, 0.3) is 10.9 Å². The Morgan fingerprint density at radius 3 is 2.43 bits per heavy atom. The van der Waals surface area contributed by atoms with Crippen LogP contribution < -0.4 is 20.8 Å². The molecule has 0 unspecified atom stereocenters. The molecule has 1 aromatic heterocycles. The molecule has 0 spiro atoms. The van der Waals surface area contributed by atoms with E-state index in [9.17, 15) is 14.4 Å². The van der Waals surface area contributed by atoms with E-state index in [1.165, 1.54) is 11.0 Å². The van der Waals surface area contributed by atoms with Crippen molar-refractivity contribution in [2.45, 2.75) is 57.0 Å². The molecule has 2 saturated heterocycles. The summed E-state index contributed by atoms with van der Waals surface area (Å²) in [5.74, 6) is 0.851. The van der Waals surface area contributed by atoms with E-state index in [1.54, 1.807) is 12.1 Å². The number of primary amides is 1. The zero-order valence-corrected chi connectivity index (χ0v) is 20.5. The fourth-order valence-electron chi connectivity index (χ4n) is 5.56. The zero-order valence-electron chi connectivity index (χ0n) is 19.7. The molecule has 2 aromatic rings. The number of fused-ring (bicyclic) bond motifs is 2. The second-order valence-electron chi connectivity index (χ2n) is 9.57. The third-order valence-electron chi connectivity index (χ3n) is 7.61. The van der Waals surface area contributed by atoms with Crippen LogP contribution in [0.1, 0.15) is 44.9 Å². The molecule has 35 heavy (non-hydrogen) atoms. The SMILES string of the molecule is NC(=O)C1(N2CCCCC2)CCN(C(=O)CCCn2c(=S)[nH]c3cc4c(cc3c2=O)OCO4)CC1. The molecule has 10 nitrogen and oxygen atoms in total. The Hall–Kier alpha value is -2.92. The highest BCUT2D eigenvalue weighted by molar-refractivity contribution is 7.71. The number of H-pyrrole nitrogens is 1. The van der Waals surface area contributed by atoms with E-state index in [-0.39, 0.29) is 24.2 Å². The van der Waals surface area contributed by atoms with Gasteiger partial charge in [0.15, 0.2) is 16.3 Å². The Kier molecular flexibility index (Phi) is 6.54. The van der Waals surface area contributed by atoms with Crippen molar-refractivity contribution in [1.29, 1.82) is 0 Å². The number of benzene rings is 1. The van der Waals surface area contributed by atoms with Crippen LogP contribution in [-0.2, 0) is 16.1 Å². The first-order valence-electron chi connectivity index (χ1n) is 12.3. The monoisotopic (exact) mass is 501 g/mol. The number of rotatable bonds is 6. The van der Waals surface area contributed by atoms with Crippen molar-refractivity contribution in [1.82, 2.24) is 19.4 Å². The van der Waals surface area contributed by atoms with Gasteiger partial charge in [-0.25, -0.2) is 0 Å². The summed E-state index contributed by atoms with van der Waals surface area (Å²) in [6.07, 6.45) is 5.27. The maximum absolute atomic E-state index is 13.0. The summed E-state index contributed by atoms with van der Waals surface area (Å²) in [5, 5.41) is 0.464. The lowest BCUT2D eigenvalue weighted by molar-refractivity contribution is -0.142. The molecule has 11 heteroatoms. The van der Waals surface area contributed by atoms with Gasteiger partial charge in [0.05, 0.1) is 10.9 Å². The molecule has 3 aliphatic heterocycles. The fraction of sp³-hybridized carbons (Fsp3) is 0.583. The molecule has 4 heterocycles. The Balaban J connectivity index is 1.21. The van der Waals surface area contributed by atoms with Gasteiger partial charge in [-0.15, -0.1) is 0 Å². The number of nitrogens with one attached hydrogen (secondary N) is 1. The average molecular weight is 502 g/mol. The molecule has 188 valence electrons. The summed E-state index contributed by atoms with van der Waals surface area (Å²) in [6.45, 7) is 3.26. The molecular formula is C24H31N5O5S. The Labute approximate surface area is 208 Å². The van der Waals surface area contributed by atoms with Crippen LogP contribution in [0.4, 0.5) is 0 Å². The lowest BCUT2D eigenvalue weighted by atomic mass is 9.83. The van der Waals surface area contributed by atoms with Gasteiger partial charge in [-0.2, -0.15) is 0 Å². The number of carbonyl (C=O) groups excluding carboxylic acids is 2. The number of hydrogen-bond acceptors (Lipinski definition) is 7. The van der Waals surface area contributed by atoms with Crippen molar-refractivity contribution in [3.63, 3.8) is 0 Å². The maximum atomic E-state index is 13.0. The molecule has 0 atom stereocenters. The lowest BCUT2D eigenvalue weighted by Gasteiger charge is -2.48. The number of amides is 2. The summed E-state index contributed by atoms with van der Waals surface area (Å²) < 4.78 is 12.5.